The summed E-state index contributed by atoms with van der Waals surface area (Å²) < 4.78 is 10.3. The minimum atomic E-state index is -0.266. The molecular formula is C22H25N3O5. The Balaban J connectivity index is 1.47. The standard InChI is InChI=1S/C22H25N3O5/c1-23(20(26)9-8-17-5-3-6-18(15-17)29-2)16-21(27)24-10-12-25(13-11-24)22(28)19-7-4-14-30-19/h3-9,14-15H,10-13,16H2,1-2H3/b9-8+. The summed E-state index contributed by atoms with van der Waals surface area (Å²) >= 11 is 0. The number of methoxy groups -OCH3 is 1. The SMILES string of the molecule is COc1cccc(/C=C/C(=O)N(C)CC(=O)N2CCN(C(=O)c3ccco3)CC2)c1. The molecule has 1 aromatic carbocycles. The lowest BCUT2D eigenvalue weighted by molar-refractivity contribution is -0.138. The molecule has 1 aliphatic rings. The molecule has 0 aliphatic carbocycles. The number of rotatable bonds is 6. The van der Waals surface area contributed by atoms with E-state index in [-0.39, 0.29) is 24.3 Å². The van der Waals surface area contributed by atoms with Crippen LogP contribution in [0.3, 0.4) is 0 Å². The van der Waals surface area contributed by atoms with Gasteiger partial charge in [0.25, 0.3) is 5.91 Å². The third-order valence-electron chi connectivity index (χ3n) is 4.91. The van der Waals surface area contributed by atoms with Gasteiger partial charge in [-0.2, -0.15) is 0 Å². The topological polar surface area (TPSA) is 83.3 Å². The normalized spacial score (nSPS) is 14.1. The predicted molar refractivity (Wildman–Crippen MR) is 111 cm³/mol. The van der Waals surface area contributed by atoms with Crippen LogP contribution in [0.1, 0.15) is 16.1 Å². The summed E-state index contributed by atoms with van der Waals surface area (Å²) in [6.07, 6.45) is 4.58. The molecule has 0 spiro atoms. The highest BCUT2D eigenvalue weighted by Crippen LogP contribution is 2.14. The average molecular weight is 411 g/mol. The first-order chi connectivity index (χ1) is 14.5. The monoisotopic (exact) mass is 411 g/mol. The van der Waals surface area contributed by atoms with Gasteiger partial charge in [-0.1, -0.05) is 12.1 Å². The van der Waals surface area contributed by atoms with E-state index in [2.05, 4.69) is 0 Å². The van der Waals surface area contributed by atoms with Crippen molar-refractivity contribution in [2.75, 3.05) is 46.9 Å². The first-order valence-corrected chi connectivity index (χ1v) is 9.65. The molecule has 0 unspecified atom stereocenters. The molecule has 1 fully saturated rings. The van der Waals surface area contributed by atoms with Crippen molar-refractivity contribution in [1.82, 2.24) is 14.7 Å². The smallest absolute Gasteiger partial charge is 0.289 e. The van der Waals surface area contributed by atoms with Gasteiger partial charge in [0.1, 0.15) is 5.75 Å². The molecule has 0 saturated carbocycles. The van der Waals surface area contributed by atoms with Crippen LogP contribution in [0.15, 0.2) is 53.2 Å². The molecule has 0 N–H and O–H groups in total. The van der Waals surface area contributed by atoms with Crippen molar-refractivity contribution in [3.8, 4) is 5.75 Å². The molecule has 3 rings (SSSR count). The molecule has 1 aliphatic heterocycles. The van der Waals surface area contributed by atoms with E-state index in [1.165, 1.54) is 17.2 Å². The lowest BCUT2D eigenvalue weighted by Gasteiger charge is -2.35. The van der Waals surface area contributed by atoms with E-state index in [0.717, 1.165) is 5.56 Å². The number of benzene rings is 1. The van der Waals surface area contributed by atoms with Crippen LogP contribution in [0.5, 0.6) is 5.75 Å². The summed E-state index contributed by atoms with van der Waals surface area (Å²) in [7, 11) is 3.17. The number of nitrogens with zero attached hydrogens (tertiary/aromatic N) is 3. The molecule has 2 heterocycles. The van der Waals surface area contributed by atoms with Gasteiger partial charge < -0.3 is 23.9 Å². The summed E-state index contributed by atoms with van der Waals surface area (Å²) in [6, 6.07) is 10.6. The Morgan fingerprint density at radius 1 is 1.10 bits per heavy atom. The minimum Gasteiger partial charge on any atom is -0.497 e. The average Bonchev–Trinajstić information content (AvgIpc) is 3.32. The quantitative estimate of drug-likeness (QED) is 0.677. The van der Waals surface area contributed by atoms with E-state index in [0.29, 0.717) is 37.7 Å². The maximum absolute atomic E-state index is 12.5. The molecular weight excluding hydrogens is 386 g/mol. The van der Waals surface area contributed by atoms with E-state index in [1.807, 2.05) is 24.3 Å². The van der Waals surface area contributed by atoms with Crippen LogP contribution in [-0.4, -0.2) is 79.3 Å². The Kier molecular flexibility index (Phi) is 6.90. The highest BCUT2D eigenvalue weighted by molar-refractivity contribution is 5.94. The summed E-state index contributed by atoms with van der Waals surface area (Å²) in [5.41, 5.74) is 0.833. The zero-order chi connectivity index (χ0) is 21.5. The number of carbonyl (C=O) groups excluding carboxylic acids is 3. The molecule has 0 bridgehead atoms. The molecule has 2 aromatic rings. The molecule has 8 nitrogen and oxygen atoms in total. The van der Waals surface area contributed by atoms with Gasteiger partial charge in [-0.3, -0.25) is 14.4 Å². The molecule has 0 radical (unpaired) electrons. The lowest BCUT2D eigenvalue weighted by atomic mass is 10.2. The number of amides is 3. The van der Waals surface area contributed by atoms with Crippen molar-refractivity contribution < 1.29 is 23.5 Å². The van der Waals surface area contributed by atoms with Crippen molar-refractivity contribution in [2.24, 2.45) is 0 Å². The fourth-order valence-corrected chi connectivity index (χ4v) is 3.14. The Bertz CT molecular complexity index is 915. The third-order valence-corrected chi connectivity index (χ3v) is 4.91. The first-order valence-electron chi connectivity index (χ1n) is 9.65. The Morgan fingerprint density at radius 3 is 2.50 bits per heavy atom. The second kappa shape index (κ2) is 9.78. The number of furan rings is 1. The predicted octanol–water partition coefficient (Wildman–Crippen LogP) is 1.74. The van der Waals surface area contributed by atoms with Gasteiger partial charge in [0.15, 0.2) is 5.76 Å². The molecule has 0 atom stereocenters. The van der Waals surface area contributed by atoms with Crippen LogP contribution >= 0.6 is 0 Å². The number of hydrogen-bond acceptors (Lipinski definition) is 5. The maximum Gasteiger partial charge on any atom is 0.289 e. The van der Waals surface area contributed by atoms with E-state index >= 15 is 0 Å². The summed E-state index contributed by atoms with van der Waals surface area (Å²) in [4.78, 5) is 41.9. The van der Waals surface area contributed by atoms with E-state index in [4.69, 9.17) is 9.15 Å². The third kappa shape index (κ3) is 5.28. The zero-order valence-electron chi connectivity index (χ0n) is 17.1. The van der Waals surface area contributed by atoms with Crippen LogP contribution in [0.4, 0.5) is 0 Å². The van der Waals surface area contributed by atoms with Crippen molar-refractivity contribution in [1.29, 1.82) is 0 Å². The van der Waals surface area contributed by atoms with Crippen molar-refractivity contribution in [3.05, 3.63) is 60.1 Å². The van der Waals surface area contributed by atoms with Crippen molar-refractivity contribution in [2.45, 2.75) is 0 Å². The van der Waals surface area contributed by atoms with Crippen molar-refractivity contribution in [3.63, 3.8) is 0 Å². The fourth-order valence-electron chi connectivity index (χ4n) is 3.14. The second-order valence-corrected chi connectivity index (χ2v) is 6.95. The highest BCUT2D eigenvalue weighted by atomic mass is 16.5. The number of ether oxygens (including phenoxy) is 1. The van der Waals surface area contributed by atoms with E-state index in [1.54, 1.807) is 42.2 Å². The largest absolute Gasteiger partial charge is 0.497 e. The Hall–Kier alpha value is -3.55. The molecule has 3 amide bonds. The Morgan fingerprint density at radius 2 is 1.83 bits per heavy atom. The van der Waals surface area contributed by atoms with Gasteiger partial charge in [-0.05, 0) is 35.9 Å². The van der Waals surface area contributed by atoms with Crippen LogP contribution in [-0.2, 0) is 9.59 Å². The summed E-state index contributed by atoms with van der Waals surface area (Å²) in [5.74, 6) is 0.409. The van der Waals surface area contributed by atoms with Gasteiger partial charge in [-0.15, -0.1) is 0 Å². The van der Waals surface area contributed by atoms with E-state index < -0.39 is 0 Å². The summed E-state index contributed by atoms with van der Waals surface area (Å²) in [5, 5.41) is 0. The van der Waals surface area contributed by atoms with Gasteiger partial charge >= 0.3 is 0 Å². The highest BCUT2D eigenvalue weighted by Gasteiger charge is 2.26. The van der Waals surface area contributed by atoms with Crippen LogP contribution < -0.4 is 4.74 Å². The maximum atomic E-state index is 12.5. The second-order valence-electron chi connectivity index (χ2n) is 6.95. The molecule has 1 saturated heterocycles. The van der Waals surface area contributed by atoms with Crippen molar-refractivity contribution >= 4 is 23.8 Å². The molecule has 30 heavy (non-hydrogen) atoms. The molecule has 1 aromatic heterocycles. The number of carbonyl (C=O) groups is 3. The van der Waals surface area contributed by atoms with E-state index in [9.17, 15) is 14.4 Å². The van der Waals surface area contributed by atoms with Gasteiger partial charge in [-0.25, -0.2) is 0 Å². The minimum absolute atomic E-state index is 0.0204. The van der Waals surface area contributed by atoms with Crippen LogP contribution in [0, 0.1) is 0 Å². The van der Waals surface area contributed by atoms with Gasteiger partial charge in [0.05, 0.1) is 19.9 Å². The molecule has 158 valence electrons. The number of hydrogen-bond donors (Lipinski definition) is 0. The van der Waals surface area contributed by atoms with Gasteiger partial charge in [0.2, 0.25) is 11.8 Å². The van der Waals surface area contributed by atoms with Crippen LogP contribution in [0.2, 0.25) is 0 Å². The summed E-state index contributed by atoms with van der Waals surface area (Å²) in [6.45, 7) is 1.69. The lowest BCUT2D eigenvalue weighted by Crippen LogP contribution is -2.52. The zero-order valence-corrected chi connectivity index (χ0v) is 17.1. The van der Waals surface area contributed by atoms with Gasteiger partial charge in [0, 0.05) is 39.3 Å². The van der Waals surface area contributed by atoms with Crippen LogP contribution in [0.25, 0.3) is 6.08 Å². The number of piperazine rings is 1. The number of likely N-dealkylation sites (N-methyl/N-ethyl adjacent to an activating group) is 1. The Labute approximate surface area is 175 Å². The fraction of sp³-hybridized carbons (Fsp3) is 0.318. The molecule has 8 heteroatoms. The first kappa shape index (κ1) is 21.2.